The van der Waals surface area contributed by atoms with Crippen LogP contribution in [0.4, 0.5) is 0 Å². The van der Waals surface area contributed by atoms with Crippen molar-refractivity contribution < 1.29 is 0 Å². The molecule has 0 atom stereocenters. The van der Waals surface area contributed by atoms with Gasteiger partial charge < -0.3 is 4.57 Å². The average molecular weight is 304 g/mol. The Morgan fingerprint density at radius 2 is 1.48 bits per heavy atom. The molecule has 0 fully saturated rings. The van der Waals surface area contributed by atoms with Crippen LogP contribution in [0.5, 0.6) is 0 Å². The van der Waals surface area contributed by atoms with Crippen molar-refractivity contribution in [1.29, 1.82) is 0 Å². The molecule has 0 aliphatic rings. The third-order valence-corrected chi connectivity index (χ3v) is 3.81. The van der Waals surface area contributed by atoms with Crippen LogP contribution in [0.2, 0.25) is 0 Å². The largest absolute Gasteiger partial charge is 0.330 e. The summed E-state index contributed by atoms with van der Waals surface area (Å²) in [6, 6.07) is 21.0. The van der Waals surface area contributed by atoms with Crippen LogP contribution in [0.25, 0.3) is 11.3 Å². The molecule has 3 rings (SSSR count). The number of rotatable bonds is 4. The molecule has 0 N–H and O–H groups in total. The molecule has 2 nitrogen and oxygen atoms in total. The third kappa shape index (κ3) is 4.10. The maximum atomic E-state index is 4.92. The van der Waals surface area contributed by atoms with Crippen molar-refractivity contribution in [2.45, 2.75) is 33.7 Å². The Labute approximate surface area is 138 Å². The van der Waals surface area contributed by atoms with Gasteiger partial charge in [0.15, 0.2) is 0 Å². The van der Waals surface area contributed by atoms with Gasteiger partial charge in [0, 0.05) is 24.7 Å². The van der Waals surface area contributed by atoms with Crippen LogP contribution >= 0.6 is 0 Å². The zero-order valence-corrected chi connectivity index (χ0v) is 14.2. The van der Waals surface area contributed by atoms with Gasteiger partial charge in [0.25, 0.3) is 0 Å². The number of hydrogen-bond acceptors (Lipinski definition) is 1. The van der Waals surface area contributed by atoms with Crippen molar-refractivity contribution in [2.75, 3.05) is 0 Å². The standard InChI is InChI=1S/C21H24N2/c1-21(2,3)14-20-22-19(18-12-8-5-9-13-18)16-23(20)15-17-10-6-4-7-11-17/h4-13,16H,14-15H2,1-3H3. The maximum absolute atomic E-state index is 4.92. The van der Waals surface area contributed by atoms with E-state index >= 15 is 0 Å². The first-order valence-electron chi connectivity index (χ1n) is 8.17. The highest BCUT2D eigenvalue weighted by Gasteiger charge is 2.17. The zero-order valence-electron chi connectivity index (χ0n) is 14.2. The highest BCUT2D eigenvalue weighted by molar-refractivity contribution is 5.58. The van der Waals surface area contributed by atoms with Crippen molar-refractivity contribution in [3.05, 3.63) is 78.2 Å². The van der Waals surface area contributed by atoms with Gasteiger partial charge in [-0.15, -0.1) is 0 Å². The second kappa shape index (κ2) is 6.41. The SMILES string of the molecule is CC(C)(C)Cc1nc(-c2ccccc2)cn1Cc1ccccc1. The lowest BCUT2D eigenvalue weighted by Gasteiger charge is -2.18. The summed E-state index contributed by atoms with van der Waals surface area (Å²) < 4.78 is 2.29. The molecule has 118 valence electrons. The Morgan fingerprint density at radius 3 is 2.09 bits per heavy atom. The second-order valence-corrected chi connectivity index (χ2v) is 7.26. The highest BCUT2D eigenvalue weighted by Crippen LogP contribution is 2.24. The Morgan fingerprint density at radius 1 is 0.870 bits per heavy atom. The summed E-state index contributed by atoms with van der Waals surface area (Å²) in [6.45, 7) is 7.65. The average Bonchev–Trinajstić information content (AvgIpc) is 2.90. The summed E-state index contributed by atoms with van der Waals surface area (Å²) in [4.78, 5) is 4.92. The van der Waals surface area contributed by atoms with Crippen molar-refractivity contribution in [1.82, 2.24) is 9.55 Å². The minimum atomic E-state index is 0.216. The molecule has 0 radical (unpaired) electrons. The number of aromatic nitrogens is 2. The Kier molecular flexibility index (Phi) is 4.33. The molecule has 23 heavy (non-hydrogen) atoms. The molecule has 0 unspecified atom stereocenters. The summed E-state index contributed by atoms with van der Waals surface area (Å²) in [6.07, 6.45) is 3.15. The summed E-state index contributed by atoms with van der Waals surface area (Å²) in [5, 5.41) is 0. The lowest BCUT2D eigenvalue weighted by molar-refractivity contribution is 0.393. The van der Waals surface area contributed by atoms with Gasteiger partial charge in [-0.1, -0.05) is 81.4 Å². The molecule has 2 aromatic carbocycles. The van der Waals surface area contributed by atoms with E-state index in [4.69, 9.17) is 4.98 Å². The van der Waals surface area contributed by atoms with Gasteiger partial charge in [-0.05, 0) is 11.0 Å². The molecule has 1 heterocycles. The molecule has 1 aromatic heterocycles. The summed E-state index contributed by atoms with van der Waals surface area (Å²) in [5.41, 5.74) is 3.75. The Hall–Kier alpha value is -2.35. The molecule has 0 saturated carbocycles. The first-order chi connectivity index (χ1) is 11.0. The summed E-state index contributed by atoms with van der Waals surface area (Å²) >= 11 is 0. The Balaban J connectivity index is 1.97. The fourth-order valence-corrected chi connectivity index (χ4v) is 2.73. The van der Waals surface area contributed by atoms with Gasteiger partial charge in [-0.3, -0.25) is 0 Å². The summed E-state index contributed by atoms with van der Waals surface area (Å²) in [5.74, 6) is 1.15. The number of benzene rings is 2. The van der Waals surface area contributed by atoms with E-state index < -0.39 is 0 Å². The van der Waals surface area contributed by atoms with Crippen LogP contribution in [-0.2, 0) is 13.0 Å². The maximum Gasteiger partial charge on any atom is 0.110 e. The van der Waals surface area contributed by atoms with Gasteiger partial charge in [-0.2, -0.15) is 0 Å². The lowest BCUT2D eigenvalue weighted by Crippen LogP contribution is -2.14. The molecule has 0 saturated heterocycles. The third-order valence-electron chi connectivity index (χ3n) is 3.81. The molecule has 0 aliphatic heterocycles. The number of hydrogen-bond donors (Lipinski definition) is 0. The van der Waals surface area contributed by atoms with E-state index in [0.29, 0.717) is 0 Å². The summed E-state index contributed by atoms with van der Waals surface area (Å²) in [7, 11) is 0. The highest BCUT2D eigenvalue weighted by atomic mass is 15.1. The van der Waals surface area contributed by atoms with Crippen molar-refractivity contribution in [3.63, 3.8) is 0 Å². The molecular weight excluding hydrogens is 280 g/mol. The molecule has 0 spiro atoms. The van der Waals surface area contributed by atoms with Crippen LogP contribution in [-0.4, -0.2) is 9.55 Å². The van der Waals surface area contributed by atoms with Crippen LogP contribution in [0.1, 0.15) is 32.2 Å². The minimum absolute atomic E-state index is 0.216. The smallest absolute Gasteiger partial charge is 0.110 e. The monoisotopic (exact) mass is 304 g/mol. The van der Waals surface area contributed by atoms with Crippen LogP contribution in [0, 0.1) is 5.41 Å². The minimum Gasteiger partial charge on any atom is -0.330 e. The molecule has 0 amide bonds. The van der Waals surface area contributed by atoms with Crippen molar-refractivity contribution >= 4 is 0 Å². The van der Waals surface area contributed by atoms with Crippen molar-refractivity contribution in [2.24, 2.45) is 5.41 Å². The van der Waals surface area contributed by atoms with Gasteiger partial charge in [0.2, 0.25) is 0 Å². The zero-order chi connectivity index (χ0) is 16.3. The normalized spacial score (nSPS) is 11.6. The predicted molar refractivity (Wildman–Crippen MR) is 96.4 cm³/mol. The fraction of sp³-hybridized carbons (Fsp3) is 0.286. The lowest BCUT2D eigenvalue weighted by atomic mass is 9.92. The van der Waals surface area contributed by atoms with Crippen LogP contribution in [0.15, 0.2) is 66.9 Å². The molecule has 3 aromatic rings. The quantitative estimate of drug-likeness (QED) is 0.649. The first-order valence-corrected chi connectivity index (χ1v) is 8.17. The van der Waals surface area contributed by atoms with E-state index in [1.165, 1.54) is 11.1 Å². The first kappa shape index (κ1) is 15.5. The van der Waals surface area contributed by atoms with E-state index in [9.17, 15) is 0 Å². The number of nitrogens with zero attached hydrogens (tertiary/aromatic N) is 2. The second-order valence-electron chi connectivity index (χ2n) is 7.26. The van der Waals surface area contributed by atoms with Crippen LogP contribution < -0.4 is 0 Å². The predicted octanol–water partition coefficient (Wildman–Crippen LogP) is 5.19. The molecule has 0 bridgehead atoms. The van der Waals surface area contributed by atoms with Gasteiger partial charge >= 0.3 is 0 Å². The van der Waals surface area contributed by atoms with E-state index in [2.05, 4.69) is 86.1 Å². The van der Waals surface area contributed by atoms with Crippen molar-refractivity contribution in [3.8, 4) is 11.3 Å². The van der Waals surface area contributed by atoms with E-state index in [1.807, 2.05) is 6.07 Å². The van der Waals surface area contributed by atoms with E-state index in [-0.39, 0.29) is 5.41 Å². The topological polar surface area (TPSA) is 17.8 Å². The number of imidazole rings is 1. The van der Waals surface area contributed by atoms with E-state index in [1.54, 1.807) is 0 Å². The fourth-order valence-electron chi connectivity index (χ4n) is 2.73. The van der Waals surface area contributed by atoms with Gasteiger partial charge in [-0.25, -0.2) is 4.98 Å². The molecule has 0 aliphatic carbocycles. The van der Waals surface area contributed by atoms with Gasteiger partial charge in [0.1, 0.15) is 5.82 Å². The molecule has 2 heteroatoms. The van der Waals surface area contributed by atoms with Crippen LogP contribution in [0.3, 0.4) is 0 Å². The van der Waals surface area contributed by atoms with E-state index in [0.717, 1.165) is 24.5 Å². The van der Waals surface area contributed by atoms with Gasteiger partial charge in [0.05, 0.1) is 5.69 Å². The molecular formula is C21H24N2. The Bertz CT molecular complexity index is 750.